The van der Waals surface area contributed by atoms with E-state index < -0.39 is 15.9 Å². The van der Waals surface area contributed by atoms with Gasteiger partial charge in [0.05, 0.1) is 40.9 Å². The summed E-state index contributed by atoms with van der Waals surface area (Å²) in [5.41, 5.74) is 3.02. The maximum Gasteiger partial charge on any atom is 0.243 e. The van der Waals surface area contributed by atoms with Crippen LogP contribution in [0, 0.1) is 19.8 Å². The number of carbonyl (C=O) groups excluding carboxylic acids is 1. The lowest BCUT2D eigenvalue weighted by molar-refractivity contribution is -0.123. The number of amides is 1. The maximum atomic E-state index is 14.0. The number of thiazole rings is 1. The first-order valence-corrected chi connectivity index (χ1v) is 14.4. The minimum absolute atomic E-state index is 0.116. The minimum atomic E-state index is -3.75. The van der Waals surface area contributed by atoms with Gasteiger partial charge in [-0.3, -0.25) is 9.69 Å². The molecule has 0 saturated carbocycles. The maximum absolute atomic E-state index is 14.0. The van der Waals surface area contributed by atoms with Gasteiger partial charge in [-0.25, -0.2) is 13.4 Å². The molecule has 0 N–H and O–H groups in total. The van der Waals surface area contributed by atoms with Gasteiger partial charge < -0.3 is 9.15 Å². The fourth-order valence-electron chi connectivity index (χ4n) is 4.64. The molecule has 5 rings (SSSR count). The van der Waals surface area contributed by atoms with Gasteiger partial charge in [0.25, 0.3) is 0 Å². The van der Waals surface area contributed by atoms with Crippen molar-refractivity contribution in [3.8, 4) is 5.75 Å². The molecule has 1 unspecified atom stereocenters. The molecular weight excluding hydrogens is 510 g/mol. The molecule has 194 valence electrons. The van der Waals surface area contributed by atoms with E-state index in [1.165, 1.54) is 34.9 Å². The number of ether oxygens (including phenoxy) is 1. The summed E-state index contributed by atoms with van der Waals surface area (Å²) in [4.78, 5) is 20.7. The number of benzene rings is 2. The lowest BCUT2D eigenvalue weighted by Gasteiger charge is -2.33. The summed E-state index contributed by atoms with van der Waals surface area (Å²) in [6.45, 7) is 4.75. The van der Waals surface area contributed by atoms with E-state index in [0.29, 0.717) is 36.0 Å². The van der Waals surface area contributed by atoms with E-state index in [4.69, 9.17) is 14.1 Å². The van der Waals surface area contributed by atoms with Crippen molar-refractivity contribution in [3.63, 3.8) is 0 Å². The van der Waals surface area contributed by atoms with Crippen LogP contribution in [0.25, 0.3) is 10.2 Å². The Morgan fingerprint density at radius 3 is 2.59 bits per heavy atom. The number of nitrogens with zero attached hydrogens (tertiary/aromatic N) is 3. The van der Waals surface area contributed by atoms with Crippen LogP contribution in [-0.2, 0) is 21.4 Å². The molecule has 1 amide bonds. The van der Waals surface area contributed by atoms with Crippen molar-refractivity contribution < 1.29 is 22.4 Å². The molecule has 0 bridgehead atoms. The van der Waals surface area contributed by atoms with Crippen LogP contribution in [0.15, 0.2) is 64.1 Å². The van der Waals surface area contributed by atoms with Crippen molar-refractivity contribution in [2.45, 2.75) is 38.1 Å². The SMILES string of the molecule is COc1ccc(S(=O)(=O)N2CCCC(C(=O)N(Cc3ccco3)c3nc4c(C)ccc(C)c4s3)C2)cc1. The number of fused-ring (bicyclic) bond motifs is 1. The summed E-state index contributed by atoms with van der Waals surface area (Å²) in [5.74, 6) is 0.575. The predicted molar refractivity (Wildman–Crippen MR) is 143 cm³/mol. The van der Waals surface area contributed by atoms with Gasteiger partial charge in [0.15, 0.2) is 5.13 Å². The van der Waals surface area contributed by atoms with Gasteiger partial charge in [-0.2, -0.15) is 4.31 Å². The monoisotopic (exact) mass is 539 g/mol. The van der Waals surface area contributed by atoms with Gasteiger partial charge in [-0.15, -0.1) is 0 Å². The van der Waals surface area contributed by atoms with Gasteiger partial charge in [0.2, 0.25) is 15.9 Å². The summed E-state index contributed by atoms with van der Waals surface area (Å²) >= 11 is 1.48. The number of aromatic nitrogens is 1. The van der Waals surface area contributed by atoms with Crippen LogP contribution in [0.1, 0.15) is 29.7 Å². The second kappa shape index (κ2) is 10.3. The highest BCUT2D eigenvalue weighted by atomic mass is 32.2. The van der Waals surface area contributed by atoms with Crippen LogP contribution >= 0.6 is 11.3 Å². The highest BCUT2D eigenvalue weighted by Crippen LogP contribution is 2.35. The summed E-state index contributed by atoms with van der Waals surface area (Å²) in [7, 11) is -2.22. The summed E-state index contributed by atoms with van der Waals surface area (Å²) in [6.07, 6.45) is 2.78. The third kappa shape index (κ3) is 5.01. The number of hydrogen-bond acceptors (Lipinski definition) is 7. The second-order valence-corrected chi connectivity index (χ2v) is 12.2. The van der Waals surface area contributed by atoms with E-state index >= 15 is 0 Å². The first kappa shape index (κ1) is 25.4. The second-order valence-electron chi connectivity index (χ2n) is 9.26. The van der Waals surface area contributed by atoms with E-state index in [1.807, 2.05) is 26.0 Å². The highest BCUT2D eigenvalue weighted by molar-refractivity contribution is 7.89. The van der Waals surface area contributed by atoms with Gasteiger partial charge in [-0.05, 0) is 74.2 Å². The smallest absolute Gasteiger partial charge is 0.243 e. The minimum Gasteiger partial charge on any atom is -0.497 e. The van der Waals surface area contributed by atoms with Crippen LogP contribution < -0.4 is 9.64 Å². The standard InChI is InChI=1S/C27H29N3O5S2/c1-18-8-9-19(2)25-24(18)28-27(36-25)30(17-22-7-5-15-35-22)26(31)20-6-4-14-29(16-20)37(32,33)23-12-10-21(34-3)11-13-23/h5,7-13,15,20H,4,6,14,16-17H2,1-3H3. The average Bonchev–Trinajstić information content (AvgIpc) is 3.60. The van der Waals surface area contributed by atoms with Crippen molar-refractivity contribution in [1.29, 1.82) is 0 Å². The Balaban J connectivity index is 1.45. The van der Waals surface area contributed by atoms with Gasteiger partial charge in [-0.1, -0.05) is 23.5 Å². The third-order valence-corrected chi connectivity index (χ3v) is 9.85. The number of hydrogen-bond donors (Lipinski definition) is 0. The predicted octanol–water partition coefficient (Wildman–Crippen LogP) is 5.15. The molecule has 3 heterocycles. The molecule has 1 fully saturated rings. The number of aryl methyl sites for hydroxylation is 2. The van der Waals surface area contributed by atoms with Crippen molar-refractivity contribution in [2.24, 2.45) is 5.92 Å². The van der Waals surface area contributed by atoms with E-state index in [2.05, 4.69) is 6.07 Å². The molecule has 0 spiro atoms. The van der Waals surface area contributed by atoms with Crippen LogP contribution in [0.4, 0.5) is 5.13 Å². The number of furan rings is 1. The van der Waals surface area contributed by atoms with Crippen molar-refractivity contribution in [3.05, 3.63) is 71.7 Å². The van der Waals surface area contributed by atoms with E-state index in [1.54, 1.807) is 29.4 Å². The van der Waals surface area contributed by atoms with Crippen molar-refractivity contribution >= 4 is 42.6 Å². The van der Waals surface area contributed by atoms with E-state index in [0.717, 1.165) is 21.3 Å². The van der Waals surface area contributed by atoms with Crippen molar-refractivity contribution in [2.75, 3.05) is 25.1 Å². The van der Waals surface area contributed by atoms with Gasteiger partial charge in [0, 0.05) is 13.1 Å². The fourth-order valence-corrected chi connectivity index (χ4v) is 7.28. The molecule has 0 aliphatic carbocycles. The van der Waals surface area contributed by atoms with Gasteiger partial charge >= 0.3 is 0 Å². The Bertz CT molecular complexity index is 1470. The number of sulfonamides is 1. The number of piperidine rings is 1. The van der Waals surface area contributed by atoms with Gasteiger partial charge in [0.1, 0.15) is 11.5 Å². The first-order chi connectivity index (χ1) is 17.8. The molecule has 4 aromatic rings. The Morgan fingerprint density at radius 1 is 1.16 bits per heavy atom. The van der Waals surface area contributed by atoms with Crippen LogP contribution in [0.3, 0.4) is 0 Å². The average molecular weight is 540 g/mol. The number of anilines is 1. The zero-order valence-corrected chi connectivity index (χ0v) is 22.6. The molecule has 8 nitrogen and oxygen atoms in total. The molecule has 1 aliphatic rings. The van der Waals surface area contributed by atoms with E-state index in [9.17, 15) is 13.2 Å². The molecule has 1 atom stereocenters. The van der Waals surface area contributed by atoms with Crippen LogP contribution in [-0.4, -0.2) is 43.8 Å². The first-order valence-electron chi connectivity index (χ1n) is 12.1. The molecule has 1 aliphatic heterocycles. The summed E-state index contributed by atoms with van der Waals surface area (Å²) < 4.78 is 39.9. The number of carbonyl (C=O) groups is 1. The molecule has 2 aromatic carbocycles. The van der Waals surface area contributed by atoms with Crippen LogP contribution in [0.2, 0.25) is 0 Å². The molecular formula is C27H29N3O5S2. The highest BCUT2D eigenvalue weighted by Gasteiger charge is 2.36. The fraction of sp³-hybridized carbons (Fsp3) is 0.333. The zero-order chi connectivity index (χ0) is 26.2. The van der Waals surface area contributed by atoms with Crippen LogP contribution in [0.5, 0.6) is 5.75 Å². The Morgan fingerprint density at radius 2 is 1.92 bits per heavy atom. The lowest BCUT2D eigenvalue weighted by Crippen LogP contribution is -2.46. The molecule has 10 heteroatoms. The normalized spacial score (nSPS) is 16.7. The lowest BCUT2D eigenvalue weighted by atomic mass is 9.98. The summed E-state index contributed by atoms with van der Waals surface area (Å²) in [5, 5.41) is 0.587. The third-order valence-electron chi connectivity index (χ3n) is 6.75. The Labute approximate surface area is 220 Å². The molecule has 1 saturated heterocycles. The Hall–Kier alpha value is -3.21. The number of methoxy groups -OCH3 is 1. The zero-order valence-electron chi connectivity index (χ0n) is 21.0. The van der Waals surface area contributed by atoms with Crippen molar-refractivity contribution in [1.82, 2.24) is 9.29 Å². The number of rotatable bonds is 7. The molecule has 37 heavy (non-hydrogen) atoms. The molecule has 2 aromatic heterocycles. The quantitative estimate of drug-likeness (QED) is 0.323. The topological polar surface area (TPSA) is 93.0 Å². The van der Waals surface area contributed by atoms with E-state index in [-0.39, 0.29) is 23.9 Å². The summed E-state index contributed by atoms with van der Waals surface area (Å²) in [6, 6.07) is 14.0. The largest absolute Gasteiger partial charge is 0.497 e. The molecule has 0 radical (unpaired) electrons. The Kier molecular flexibility index (Phi) is 7.06.